The first-order valence-corrected chi connectivity index (χ1v) is 3.18. The lowest BCUT2D eigenvalue weighted by atomic mass is 9.98. The first-order valence-electron chi connectivity index (χ1n) is 3.18. The molecule has 0 aliphatic heterocycles. The van der Waals surface area contributed by atoms with Crippen molar-refractivity contribution in [2.75, 3.05) is 0 Å². The minimum Gasteiger partial charge on any atom is -0.449 e. The van der Waals surface area contributed by atoms with E-state index in [0.29, 0.717) is 5.59 Å². The average molecular weight is 146 g/mol. The number of imidazole rings is 1. The largest absolute Gasteiger partial charge is 0.449 e. The predicted molar refractivity (Wildman–Crippen MR) is 40.6 cm³/mol. The van der Waals surface area contributed by atoms with Crippen LogP contribution >= 0.6 is 0 Å². The summed E-state index contributed by atoms with van der Waals surface area (Å²) < 4.78 is 1.56. The summed E-state index contributed by atoms with van der Waals surface area (Å²) in [4.78, 5) is 4.00. The van der Waals surface area contributed by atoms with E-state index >= 15 is 0 Å². The van der Waals surface area contributed by atoms with E-state index in [0.717, 1.165) is 13.1 Å². The van der Waals surface area contributed by atoms with Crippen molar-refractivity contribution in [3.05, 3.63) is 24.5 Å². The number of rotatable bonds is 1. The molecule has 0 atom stereocenters. The van der Waals surface area contributed by atoms with Gasteiger partial charge in [0.05, 0.1) is 5.59 Å². The van der Waals surface area contributed by atoms with E-state index in [1.165, 1.54) is 0 Å². The van der Waals surface area contributed by atoms with Gasteiger partial charge in [-0.3, -0.25) is 0 Å². The lowest BCUT2D eigenvalue weighted by molar-refractivity contribution is 0.612. The van der Waals surface area contributed by atoms with Gasteiger partial charge in [-0.15, -0.1) is 0 Å². The van der Waals surface area contributed by atoms with Gasteiger partial charge in [0.15, 0.2) is 5.65 Å². The fourth-order valence-electron chi connectivity index (χ4n) is 0.936. The summed E-state index contributed by atoms with van der Waals surface area (Å²) in [6.45, 7) is 0. The van der Waals surface area contributed by atoms with Gasteiger partial charge in [-0.25, -0.2) is 9.50 Å². The molecule has 0 amide bonds. The summed E-state index contributed by atoms with van der Waals surface area (Å²) in [7, 11) is 0.979. The fourth-order valence-corrected chi connectivity index (χ4v) is 0.936. The molecule has 2 rings (SSSR count). The Bertz CT molecular complexity index is 373. The van der Waals surface area contributed by atoms with Crippen molar-refractivity contribution in [3.63, 3.8) is 0 Å². The van der Waals surface area contributed by atoms with Gasteiger partial charge < -0.3 is 5.02 Å². The Balaban J connectivity index is 2.76. The number of hydrogen-bond donors (Lipinski definition) is 1. The second-order valence-corrected chi connectivity index (χ2v) is 2.11. The Morgan fingerprint density at radius 1 is 1.55 bits per heavy atom. The van der Waals surface area contributed by atoms with Crippen LogP contribution in [0.15, 0.2) is 24.5 Å². The lowest BCUT2D eigenvalue weighted by Gasteiger charge is -1.92. The van der Waals surface area contributed by atoms with E-state index < -0.39 is 0 Å². The molecule has 4 nitrogen and oxygen atoms in total. The molecule has 5 heteroatoms. The molecule has 2 aromatic heterocycles. The molecule has 0 bridgehead atoms. The zero-order chi connectivity index (χ0) is 7.68. The molecule has 0 aliphatic carbocycles. The standard InChI is InChI=1S/C6H5BN3O/c11-7-5-4-8-6-2-1-3-9-10(5)6/h1-4,11H. The van der Waals surface area contributed by atoms with Crippen molar-refractivity contribution < 1.29 is 5.02 Å². The quantitative estimate of drug-likeness (QED) is 0.523. The molecule has 0 aromatic carbocycles. The van der Waals surface area contributed by atoms with Crippen LogP contribution in [0.5, 0.6) is 0 Å². The van der Waals surface area contributed by atoms with Gasteiger partial charge in [0.25, 0.3) is 0 Å². The zero-order valence-corrected chi connectivity index (χ0v) is 5.68. The first kappa shape index (κ1) is 6.36. The maximum atomic E-state index is 8.70. The summed E-state index contributed by atoms with van der Waals surface area (Å²) in [5, 5.41) is 12.7. The molecule has 0 spiro atoms. The second-order valence-electron chi connectivity index (χ2n) is 2.11. The molecule has 1 N–H and O–H groups in total. The zero-order valence-electron chi connectivity index (χ0n) is 5.68. The topological polar surface area (TPSA) is 50.4 Å². The van der Waals surface area contributed by atoms with Crippen molar-refractivity contribution in [1.82, 2.24) is 14.6 Å². The fraction of sp³-hybridized carbons (Fsp3) is 0. The highest BCUT2D eigenvalue weighted by molar-refractivity contribution is 6.44. The lowest BCUT2D eigenvalue weighted by Crippen LogP contribution is -2.20. The van der Waals surface area contributed by atoms with Crippen molar-refractivity contribution >= 4 is 18.7 Å². The van der Waals surface area contributed by atoms with Gasteiger partial charge in [-0.2, -0.15) is 5.10 Å². The summed E-state index contributed by atoms with van der Waals surface area (Å²) in [6.07, 6.45) is 3.20. The Kier molecular flexibility index (Phi) is 1.36. The summed E-state index contributed by atoms with van der Waals surface area (Å²) in [5.41, 5.74) is 1.31. The number of hydrogen-bond acceptors (Lipinski definition) is 3. The molecule has 2 heterocycles. The van der Waals surface area contributed by atoms with Gasteiger partial charge in [0, 0.05) is 12.4 Å². The smallest absolute Gasteiger partial charge is 0.350 e. The molecule has 0 unspecified atom stereocenters. The van der Waals surface area contributed by atoms with Gasteiger partial charge in [-0.1, -0.05) is 0 Å². The minimum absolute atomic E-state index is 0.584. The van der Waals surface area contributed by atoms with Gasteiger partial charge in [-0.05, 0) is 12.1 Å². The van der Waals surface area contributed by atoms with Crippen molar-refractivity contribution in [3.8, 4) is 0 Å². The highest BCUT2D eigenvalue weighted by atomic mass is 16.2. The highest BCUT2D eigenvalue weighted by Crippen LogP contribution is 1.92. The number of nitrogens with zero attached hydrogens (tertiary/aromatic N) is 3. The Labute approximate surface area is 63.8 Å². The average Bonchev–Trinajstić information content (AvgIpc) is 2.47. The minimum atomic E-state index is 0.584. The number of fused-ring (bicyclic) bond motifs is 1. The molecule has 11 heavy (non-hydrogen) atoms. The first-order chi connectivity index (χ1) is 5.42. The third kappa shape index (κ3) is 0.896. The summed E-state index contributed by atoms with van der Waals surface area (Å²) in [6, 6.07) is 3.61. The van der Waals surface area contributed by atoms with Crippen molar-refractivity contribution in [2.24, 2.45) is 0 Å². The van der Waals surface area contributed by atoms with Crippen LogP contribution in [0.4, 0.5) is 0 Å². The van der Waals surface area contributed by atoms with Crippen LogP contribution in [0.2, 0.25) is 0 Å². The van der Waals surface area contributed by atoms with Gasteiger partial charge in [0.1, 0.15) is 0 Å². The van der Waals surface area contributed by atoms with Gasteiger partial charge >= 0.3 is 7.48 Å². The van der Waals surface area contributed by atoms with E-state index in [1.54, 1.807) is 23.0 Å². The molecule has 53 valence electrons. The molecular formula is C6H5BN3O. The van der Waals surface area contributed by atoms with Crippen LogP contribution in [-0.4, -0.2) is 27.1 Å². The maximum absolute atomic E-state index is 8.70. The summed E-state index contributed by atoms with van der Waals surface area (Å²) >= 11 is 0. The highest BCUT2D eigenvalue weighted by Gasteiger charge is 2.01. The van der Waals surface area contributed by atoms with Crippen LogP contribution in [0, 0.1) is 0 Å². The molecular weight excluding hydrogens is 141 g/mol. The van der Waals surface area contributed by atoms with Crippen molar-refractivity contribution in [2.45, 2.75) is 0 Å². The predicted octanol–water partition coefficient (Wildman–Crippen LogP) is -1.03. The van der Waals surface area contributed by atoms with Crippen LogP contribution < -0.4 is 5.59 Å². The maximum Gasteiger partial charge on any atom is 0.350 e. The summed E-state index contributed by atoms with van der Waals surface area (Å²) in [5.74, 6) is 0. The van der Waals surface area contributed by atoms with E-state index in [1.807, 2.05) is 6.07 Å². The van der Waals surface area contributed by atoms with Crippen LogP contribution in [0.25, 0.3) is 5.65 Å². The van der Waals surface area contributed by atoms with Gasteiger partial charge in [0.2, 0.25) is 0 Å². The molecule has 0 saturated carbocycles. The van der Waals surface area contributed by atoms with Crippen LogP contribution in [0.1, 0.15) is 0 Å². The molecule has 0 fully saturated rings. The molecule has 0 saturated heterocycles. The SMILES string of the molecule is O[B]c1cnc2cccnn12. The Hall–Kier alpha value is -1.36. The van der Waals surface area contributed by atoms with E-state index in [2.05, 4.69) is 10.1 Å². The third-order valence-electron chi connectivity index (χ3n) is 1.44. The molecule has 2 aromatic rings. The van der Waals surface area contributed by atoms with Crippen molar-refractivity contribution in [1.29, 1.82) is 0 Å². The Morgan fingerprint density at radius 2 is 2.45 bits per heavy atom. The Morgan fingerprint density at radius 3 is 3.27 bits per heavy atom. The van der Waals surface area contributed by atoms with E-state index in [9.17, 15) is 0 Å². The monoisotopic (exact) mass is 146 g/mol. The molecule has 0 aliphatic rings. The van der Waals surface area contributed by atoms with E-state index in [-0.39, 0.29) is 0 Å². The normalized spacial score (nSPS) is 10.3. The third-order valence-corrected chi connectivity index (χ3v) is 1.44. The number of aromatic nitrogens is 3. The van der Waals surface area contributed by atoms with Crippen LogP contribution in [0.3, 0.4) is 0 Å². The van der Waals surface area contributed by atoms with E-state index in [4.69, 9.17) is 5.02 Å². The van der Waals surface area contributed by atoms with Crippen LogP contribution in [-0.2, 0) is 0 Å². The second kappa shape index (κ2) is 2.36. The molecule has 1 radical (unpaired) electrons.